The fourth-order valence-electron chi connectivity index (χ4n) is 4.62. The van der Waals surface area contributed by atoms with E-state index in [1.54, 1.807) is 22.0 Å². The van der Waals surface area contributed by atoms with Gasteiger partial charge < -0.3 is 19.3 Å². The molecule has 1 aromatic carbocycles. The molecule has 0 bridgehead atoms. The largest absolute Gasteiger partial charge is 0.573 e. The van der Waals surface area contributed by atoms with Crippen molar-refractivity contribution in [2.45, 2.75) is 45.2 Å². The van der Waals surface area contributed by atoms with Crippen molar-refractivity contribution >= 4 is 17.1 Å². The topological polar surface area (TPSA) is 90.5 Å². The predicted octanol–water partition coefficient (Wildman–Crippen LogP) is 5.08. The third-order valence-corrected chi connectivity index (χ3v) is 6.55. The summed E-state index contributed by atoms with van der Waals surface area (Å²) < 4.78 is 51.1. The minimum Gasteiger partial charge on any atom is -0.444 e. The molecule has 0 aliphatic carbocycles. The van der Waals surface area contributed by atoms with E-state index in [-0.39, 0.29) is 11.7 Å². The van der Waals surface area contributed by atoms with Gasteiger partial charge in [0.15, 0.2) is 5.65 Å². The van der Waals surface area contributed by atoms with Crippen LogP contribution in [-0.4, -0.2) is 86.1 Å². The summed E-state index contributed by atoms with van der Waals surface area (Å²) in [4.78, 5) is 20.9. The molecule has 1 fully saturated rings. The van der Waals surface area contributed by atoms with E-state index in [0.29, 0.717) is 31.0 Å². The lowest BCUT2D eigenvalue weighted by atomic mass is 9.92. The van der Waals surface area contributed by atoms with Crippen LogP contribution in [0.4, 0.5) is 18.0 Å². The fraction of sp³-hybridized carbons (Fsp3) is 0.429. The number of fused-ring (bicyclic) bond motifs is 1. The SMILES string of the molecule is CN(C)CCn1cc(-c2ccnc3c2c(C2CN(C(=O)OC(C)(C)C)C2)nn3-c2ccc(OC(F)(F)F)cc2)cn1. The Morgan fingerprint density at radius 3 is 2.44 bits per heavy atom. The summed E-state index contributed by atoms with van der Waals surface area (Å²) in [6, 6.07) is 7.37. The van der Waals surface area contributed by atoms with Crippen LogP contribution in [0, 0.1) is 0 Å². The predicted molar refractivity (Wildman–Crippen MR) is 146 cm³/mol. The van der Waals surface area contributed by atoms with Crippen molar-refractivity contribution in [3.05, 3.63) is 54.6 Å². The molecule has 1 aliphatic rings. The number of carbonyl (C=O) groups is 1. The second-order valence-electron chi connectivity index (χ2n) is 11.3. The molecule has 10 nitrogen and oxygen atoms in total. The van der Waals surface area contributed by atoms with E-state index in [4.69, 9.17) is 9.84 Å². The zero-order valence-electron chi connectivity index (χ0n) is 23.5. The van der Waals surface area contributed by atoms with Crippen LogP contribution in [0.2, 0.25) is 0 Å². The Bertz CT molecular complexity index is 1530. The molecule has 13 heteroatoms. The minimum atomic E-state index is -4.79. The Morgan fingerprint density at radius 2 is 1.80 bits per heavy atom. The van der Waals surface area contributed by atoms with Crippen LogP contribution in [-0.2, 0) is 11.3 Å². The summed E-state index contributed by atoms with van der Waals surface area (Å²) in [5, 5.41) is 10.2. The summed E-state index contributed by atoms with van der Waals surface area (Å²) in [5.74, 6) is -0.422. The monoisotopic (exact) mass is 571 g/mol. The van der Waals surface area contributed by atoms with Crippen LogP contribution in [0.1, 0.15) is 32.4 Å². The van der Waals surface area contributed by atoms with Gasteiger partial charge in [0.05, 0.1) is 29.5 Å². The first kappa shape index (κ1) is 28.4. The Labute approximate surface area is 235 Å². The highest BCUT2D eigenvalue weighted by atomic mass is 19.4. The van der Waals surface area contributed by atoms with Gasteiger partial charge in [-0.3, -0.25) is 4.68 Å². The van der Waals surface area contributed by atoms with Gasteiger partial charge in [0, 0.05) is 43.5 Å². The Morgan fingerprint density at radius 1 is 1.10 bits per heavy atom. The Hall–Kier alpha value is -4.13. The van der Waals surface area contributed by atoms with Crippen molar-refractivity contribution < 1.29 is 27.4 Å². The molecule has 0 radical (unpaired) electrons. The van der Waals surface area contributed by atoms with E-state index in [1.165, 1.54) is 24.3 Å². The normalized spacial score (nSPS) is 14.5. The maximum Gasteiger partial charge on any atom is 0.573 e. The summed E-state index contributed by atoms with van der Waals surface area (Å²) in [6.07, 6.45) is 0.258. The number of nitrogens with zero attached hydrogens (tertiary/aromatic N) is 7. The lowest BCUT2D eigenvalue weighted by molar-refractivity contribution is -0.274. The van der Waals surface area contributed by atoms with Crippen molar-refractivity contribution in [2.75, 3.05) is 33.7 Å². The summed E-state index contributed by atoms with van der Waals surface area (Å²) in [6.45, 7) is 7.82. The smallest absolute Gasteiger partial charge is 0.444 e. The number of pyridine rings is 1. The number of aromatic nitrogens is 5. The van der Waals surface area contributed by atoms with Crippen molar-refractivity contribution in [3.8, 4) is 22.6 Å². The number of hydrogen-bond donors (Lipinski definition) is 0. The first-order chi connectivity index (χ1) is 19.3. The van der Waals surface area contributed by atoms with Gasteiger partial charge in [0.25, 0.3) is 0 Å². The average molecular weight is 572 g/mol. The van der Waals surface area contributed by atoms with Gasteiger partial charge in [-0.1, -0.05) is 0 Å². The van der Waals surface area contributed by atoms with Gasteiger partial charge in [-0.15, -0.1) is 13.2 Å². The molecule has 1 amide bonds. The number of rotatable bonds is 7. The van der Waals surface area contributed by atoms with Crippen LogP contribution in [0.25, 0.3) is 27.8 Å². The maximum atomic E-state index is 12.7. The number of benzene rings is 1. The standard InChI is InChI=1S/C28H32F3N7O3/c1-27(2,3)41-26(39)36-15-19(16-36)24-23-22(18-14-33-37(17-18)13-12-35(4)5)10-11-32-25(23)38(34-24)20-6-8-21(9-7-20)40-28(29,30)31/h6-11,14,17,19H,12-13,15-16H2,1-5H3. The summed E-state index contributed by atoms with van der Waals surface area (Å²) in [5.41, 5.74) is 2.94. The van der Waals surface area contributed by atoms with Crippen molar-refractivity contribution in [1.82, 2.24) is 34.3 Å². The second kappa shape index (κ2) is 10.7. The molecule has 5 rings (SSSR count). The number of carbonyl (C=O) groups excluding carboxylic acids is 1. The molecular weight excluding hydrogens is 539 g/mol. The second-order valence-corrected chi connectivity index (χ2v) is 11.3. The number of halogens is 3. The van der Waals surface area contributed by atoms with Gasteiger partial charge in [-0.25, -0.2) is 14.5 Å². The van der Waals surface area contributed by atoms with Gasteiger partial charge in [0.1, 0.15) is 11.4 Å². The third-order valence-electron chi connectivity index (χ3n) is 6.55. The molecule has 0 N–H and O–H groups in total. The highest BCUT2D eigenvalue weighted by Gasteiger charge is 2.38. The number of likely N-dealkylation sites (tertiary alicyclic amines) is 1. The maximum absolute atomic E-state index is 12.7. The molecule has 1 saturated heterocycles. The minimum absolute atomic E-state index is 0.0918. The highest BCUT2D eigenvalue weighted by molar-refractivity contribution is 5.96. The van der Waals surface area contributed by atoms with E-state index in [9.17, 15) is 18.0 Å². The van der Waals surface area contributed by atoms with Crippen molar-refractivity contribution in [2.24, 2.45) is 0 Å². The van der Waals surface area contributed by atoms with Crippen LogP contribution in [0.3, 0.4) is 0 Å². The van der Waals surface area contributed by atoms with E-state index < -0.39 is 18.1 Å². The molecule has 0 spiro atoms. The van der Waals surface area contributed by atoms with Gasteiger partial charge >= 0.3 is 12.5 Å². The molecule has 41 heavy (non-hydrogen) atoms. The molecule has 0 saturated carbocycles. The van der Waals surface area contributed by atoms with Crippen LogP contribution in [0.5, 0.6) is 5.75 Å². The number of ether oxygens (including phenoxy) is 2. The number of alkyl halides is 3. The first-order valence-electron chi connectivity index (χ1n) is 13.2. The number of hydrogen-bond acceptors (Lipinski definition) is 7. The molecule has 0 unspecified atom stereocenters. The summed E-state index contributed by atoms with van der Waals surface area (Å²) in [7, 11) is 4.00. The van der Waals surface area contributed by atoms with Crippen LogP contribution < -0.4 is 4.74 Å². The fourth-order valence-corrected chi connectivity index (χ4v) is 4.62. The van der Waals surface area contributed by atoms with Gasteiger partial charge in [0.2, 0.25) is 0 Å². The Balaban J connectivity index is 1.53. The van der Waals surface area contributed by atoms with E-state index >= 15 is 0 Å². The van der Waals surface area contributed by atoms with E-state index in [2.05, 4.69) is 19.7 Å². The molecule has 4 heterocycles. The quantitative estimate of drug-likeness (QED) is 0.306. The van der Waals surface area contributed by atoms with Gasteiger partial charge in [-0.2, -0.15) is 10.2 Å². The lowest BCUT2D eigenvalue weighted by Crippen LogP contribution is -2.50. The number of amides is 1. The van der Waals surface area contributed by atoms with Gasteiger partial charge in [-0.05, 0) is 70.8 Å². The molecule has 4 aromatic rings. The third kappa shape index (κ3) is 6.45. The van der Waals surface area contributed by atoms with Crippen molar-refractivity contribution in [1.29, 1.82) is 0 Å². The molecular formula is C28H32F3N7O3. The van der Waals surface area contributed by atoms with Crippen LogP contribution in [0.15, 0.2) is 48.9 Å². The Kier molecular flexibility index (Phi) is 7.41. The lowest BCUT2D eigenvalue weighted by Gasteiger charge is -2.39. The van der Waals surface area contributed by atoms with E-state index in [0.717, 1.165) is 28.8 Å². The average Bonchev–Trinajstić information content (AvgIpc) is 3.46. The molecule has 3 aromatic heterocycles. The first-order valence-corrected chi connectivity index (χ1v) is 13.2. The number of likely N-dealkylation sites (N-methyl/N-ethyl adjacent to an activating group) is 1. The highest BCUT2D eigenvalue weighted by Crippen LogP contribution is 2.38. The van der Waals surface area contributed by atoms with Crippen molar-refractivity contribution in [3.63, 3.8) is 0 Å². The van der Waals surface area contributed by atoms with E-state index in [1.807, 2.05) is 51.8 Å². The molecule has 0 atom stereocenters. The molecule has 218 valence electrons. The molecule has 1 aliphatic heterocycles. The zero-order valence-corrected chi connectivity index (χ0v) is 23.5. The summed E-state index contributed by atoms with van der Waals surface area (Å²) >= 11 is 0. The van der Waals surface area contributed by atoms with Crippen LogP contribution >= 0.6 is 0 Å². The zero-order chi connectivity index (χ0) is 29.5.